The highest BCUT2D eigenvalue weighted by Gasteiger charge is 2.22. The summed E-state index contributed by atoms with van der Waals surface area (Å²) < 4.78 is 0. The molecule has 0 saturated carbocycles. The van der Waals surface area contributed by atoms with E-state index >= 15 is 0 Å². The van der Waals surface area contributed by atoms with E-state index < -0.39 is 5.60 Å². The van der Waals surface area contributed by atoms with E-state index in [4.69, 9.17) is 0 Å². The third-order valence-corrected chi connectivity index (χ3v) is 4.36. The molecule has 2 atom stereocenters. The summed E-state index contributed by atoms with van der Waals surface area (Å²) in [7, 11) is 0. The molecule has 0 saturated heterocycles. The first-order valence-electron chi connectivity index (χ1n) is 7.79. The van der Waals surface area contributed by atoms with E-state index in [0.29, 0.717) is 0 Å². The summed E-state index contributed by atoms with van der Waals surface area (Å²) in [5.74, 6) is 0.763. The van der Waals surface area contributed by atoms with Gasteiger partial charge < -0.3 is 10.1 Å². The Labute approximate surface area is 122 Å². The Morgan fingerprint density at radius 3 is 2.80 bits per heavy atom. The quantitative estimate of drug-likeness (QED) is 0.755. The lowest BCUT2D eigenvalue weighted by Crippen LogP contribution is -2.27. The summed E-state index contributed by atoms with van der Waals surface area (Å²) in [5.41, 5.74) is 1.75. The highest BCUT2D eigenvalue weighted by molar-refractivity contribution is 5.83. The van der Waals surface area contributed by atoms with Crippen molar-refractivity contribution in [2.24, 2.45) is 5.92 Å². The van der Waals surface area contributed by atoms with Gasteiger partial charge >= 0.3 is 0 Å². The molecule has 2 unspecified atom stereocenters. The van der Waals surface area contributed by atoms with Gasteiger partial charge in [0, 0.05) is 23.5 Å². The van der Waals surface area contributed by atoms with E-state index in [1.54, 1.807) is 0 Å². The van der Waals surface area contributed by atoms with Gasteiger partial charge in [0.25, 0.3) is 0 Å². The lowest BCUT2D eigenvalue weighted by molar-refractivity contribution is 0.0478. The Morgan fingerprint density at radius 1 is 1.30 bits per heavy atom. The molecule has 2 nitrogen and oxygen atoms in total. The zero-order valence-corrected chi connectivity index (χ0v) is 12.9. The van der Waals surface area contributed by atoms with Gasteiger partial charge in [-0.25, -0.2) is 0 Å². The van der Waals surface area contributed by atoms with Crippen LogP contribution in [0, 0.1) is 5.92 Å². The molecule has 0 aliphatic rings. The minimum absolute atomic E-state index is 0.613. The maximum Gasteiger partial charge on any atom is 0.0660 e. The fourth-order valence-corrected chi connectivity index (χ4v) is 2.81. The van der Waals surface area contributed by atoms with Gasteiger partial charge in [0.05, 0.1) is 5.60 Å². The van der Waals surface area contributed by atoms with E-state index in [1.807, 2.05) is 19.2 Å². The van der Waals surface area contributed by atoms with Crippen molar-refractivity contribution >= 4 is 10.9 Å². The van der Waals surface area contributed by atoms with Gasteiger partial charge in [-0.3, -0.25) is 0 Å². The molecule has 1 aromatic carbocycles. The second-order valence-electron chi connectivity index (χ2n) is 6.44. The summed E-state index contributed by atoms with van der Waals surface area (Å²) in [6.45, 7) is 6.48. The van der Waals surface area contributed by atoms with Crippen LogP contribution in [0.3, 0.4) is 0 Å². The Hall–Kier alpha value is -1.28. The summed E-state index contributed by atoms with van der Waals surface area (Å²) >= 11 is 0. The molecule has 0 amide bonds. The SMILES string of the molecule is CCC(C)CCCC(C)(O)Cc1c[nH]c2ccccc12. The normalized spacial score (nSPS) is 16.2. The van der Waals surface area contributed by atoms with Crippen LogP contribution in [-0.2, 0) is 6.42 Å². The van der Waals surface area contributed by atoms with Crippen LogP contribution in [0.25, 0.3) is 10.9 Å². The molecular formula is C18H27NO. The van der Waals surface area contributed by atoms with E-state index in [9.17, 15) is 5.11 Å². The number of nitrogens with one attached hydrogen (secondary N) is 1. The van der Waals surface area contributed by atoms with Gasteiger partial charge in [0.1, 0.15) is 0 Å². The lowest BCUT2D eigenvalue weighted by atomic mass is 9.89. The first-order chi connectivity index (χ1) is 9.52. The number of aliphatic hydroxyl groups is 1. The number of para-hydroxylation sites is 1. The number of aromatic nitrogens is 1. The third-order valence-electron chi connectivity index (χ3n) is 4.36. The fourth-order valence-electron chi connectivity index (χ4n) is 2.81. The average molecular weight is 273 g/mol. The van der Waals surface area contributed by atoms with Gasteiger partial charge in [-0.2, -0.15) is 0 Å². The Bertz CT molecular complexity index is 541. The number of rotatable bonds is 7. The highest BCUT2D eigenvalue weighted by atomic mass is 16.3. The minimum atomic E-state index is -0.613. The van der Waals surface area contributed by atoms with E-state index in [2.05, 4.69) is 37.0 Å². The largest absolute Gasteiger partial charge is 0.390 e. The topological polar surface area (TPSA) is 36.0 Å². The van der Waals surface area contributed by atoms with E-state index in [1.165, 1.54) is 23.8 Å². The first kappa shape index (κ1) is 15.1. The molecule has 2 aromatic rings. The molecule has 20 heavy (non-hydrogen) atoms. The van der Waals surface area contributed by atoms with Crippen LogP contribution >= 0.6 is 0 Å². The van der Waals surface area contributed by atoms with Crippen molar-refractivity contribution < 1.29 is 5.11 Å². The molecule has 110 valence electrons. The molecule has 2 rings (SSSR count). The van der Waals surface area contributed by atoms with Gasteiger partial charge in [-0.15, -0.1) is 0 Å². The predicted molar refractivity (Wildman–Crippen MR) is 85.9 cm³/mol. The molecule has 1 aromatic heterocycles. The molecule has 0 aliphatic carbocycles. The molecule has 0 fully saturated rings. The predicted octanol–water partition coefficient (Wildman–Crippen LogP) is 4.68. The standard InChI is InChI=1S/C18H27NO/c1-4-14(2)8-7-11-18(3,20)12-15-13-19-17-10-6-5-9-16(15)17/h5-6,9-10,13-14,19-20H,4,7-8,11-12H2,1-3H3. The van der Waals surface area contributed by atoms with Gasteiger partial charge in [-0.1, -0.05) is 51.3 Å². The van der Waals surface area contributed by atoms with Crippen LogP contribution in [0.5, 0.6) is 0 Å². The van der Waals surface area contributed by atoms with Gasteiger partial charge in [0.2, 0.25) is 0 Å². The molecular weight excluding hydrogens is 246 g/mol. The van der Waals surface area contributed by atoms with Crippen molar-refractivity contribution in [2.45, 2.75) is 58.5 Å². The van der Waals surface area contributed by atoms with Crippen LogP contribution in [0.15, 0.2) is 30.5 Å². The maximum absolute atomic E-state index is 10.6. The van der Waals surface area contributed by atoms with Crippen LogP contribution in [-0.4, -0.2) is 15.7 Å². The zero-order chi connectivity index (χ0) is 14.6. The Morgan fingerprint density at radius 2 is 2.05 bits per heavy atom. The summed E-state index contributed by atoms with van der Waals surface area (Å²) in [4.78, 5) is 3.28. The second kappa shape index (κ2) is 6.45. The molecule has 0 aliphatic heterocycles. The van der Waals surface area contributed by atoms with Crippen molar-refractivity contribution in [2.75, 3.05) is 0 Å². The second-order valence-corrected chi connectivity index (χ2v) is 6.44. The number of hydrogen-bond donors (Lipinski definition) is 2. The molecule has 0 spiro atoms. The first-order valence-corrected chi connectivity index (χ1v) is 7.79. The Kier molecular flexibility index (Phi) is 4.87. The number of H-pyrrole nitrogens is 1. The molecule has 2 heteroatoms. The molecule has 1 heterocycles. The number of hydrogen-bond acceptors (Lipinski definition) is 1. The fraction of sp³-hybridized carbons (Fsp3) is 0.556. The van der Waals surface area contributed by atoms with Crippen LogP contribution in [0.2, 0.25) is 0 Å². The monoisotopic (exact) mass is 273 g/mol. The third kappa shape index (κ3) is 3.86. The number of aromatic amines is 1. The zero-order valence-electron chi connectivity index (χ0n) is 12.9. The number of benzene rings is 1. The van der Waals surface area contributed by atoms with E-state index in [0.717, 1.165) is 30.7 Å². The smallest absolute Gasteiger partial charge is 0.0660 e. The average Bonchev–Trinajstić information content (AvgIpc) is 2.81. The highest BCUT2D eigenvalue weighted by Crippen LogP contribution is 2.26. The lowest BCUT2D eigenvalue weighted by Gasteiger charge is -2.23. The Balaban J connectivity index is 1.97. The van der Waals surface area contributed by atoms with Crippen molar-refractivity contribution in [3.63, 3.8) is 0 Å². The van der Waals surface area contributed by atoms with Crippen molar-refractivity contribution in [1.29, 1.82) is 0 Å². The minimum Gasteiger partial charge on any atom is -0.390 e. The van der Waals surface area contributed by atoms with Crippen LogP contribution < -0.4 is 0 Å². The number of fused-ring (bicyclic) bond motifs is 1. The van der Waals surface area contributed by atoms with Crippen molar-refractivity contribution in [3.8, 4) is 0 Å². The van der Waals surface area contributed by atoms with E-state index in [-0.39, 0.29) is 0 Å². The molecule has 0 radical (unpaired) electrons. The molecule has 2 N–H and O–H groups in total. The van der Waals surface area contributed by atoms with Crippen molar-refractivity contribution in [1.82, 2.24) is 4.98 Å². The summed E-state index contributed by atoms with van der Waals surface area (Å²) in [6.07, 6.45) is 7.16. The van der Waals surface area contributed by atoms with Gasteiger partial charge in [0.15, 0.2) is 0 Å². The van der Waals surface area contributed by atoms with Gasteiger partial charge in [-0.05, 0) is 30.9 Å². The maximum atomic E-state index is 10.6. The molecule has 0 bridgehead atoms. The van der Waals surface area contributed by atoms with Crippen LogP contribution in [0.4, 0.5) is 0 Å². The van der Waals surface area contributed by atoms with Crippen molar-refractivity contribution in [3.05, 3.63) is 36.0 Å². The van der Waals surface area contributed by atoms with Crippen LogP contribution in [0.1, 0.15) is 52.0 Å². The summed E-state index contributed by atoms with van der Waals surface area (Å²) in [6, 6.07) is 8.29. The summed E-state index contributed by atoms with van der Waals surface area (Å²) in [5, 5.41) is 11.8.